The number of rotatable bonds is 3. The van der Waals surface area contributed by atoms with Crippen LogP contribution >= 0.6 is 0 Å². The third-order valence-corrected chi connectivity index (χ3v) is 7.74. The van der Waals surface area contributed by atoms with Gasteiger partial charge in [-0.3, -0.25) is 0 Å². The fourth-order valence-corrected chi connectivity index (χ4v) is 4.53. The Balaban J connectivity index is 3.32. The Bertz CT molecular complexity index is 286. The van der Waals surface area contributed by atoms with Gasteiger partial charge < -0.3 is 0 Å². The lowest BCUT2D eigenvalue weighted by molar-refractivity contribution is -0.0243. The summed E-state index contributed by atoms with van der Waals surface area (Å²) in [7, 11) is 0. The molecule has 0 spiro atoms. The molecule has 3 atom stereocenters. The molecule has 17 heavy (non-hydrogen) atoms. The summed E-state index contributed by atoms with van der Waals surface area (Å²) in [5.41, 5.74) is 1.76. The Labute approximate surface area is 110 Å². The van der Waals surface area contributed by atoms with Crippen molar-refractivity contribution in [1.29, 1.82) is 0 Å². The summed E-state index contributed by atoms with van der Waals surface area (Å²) in [6.45, 7) is 22.3. The summed E-state index contributed by atoms with van der Waals surface area (Å²) >= 11 is 0. The van der Waals surface area contributed by atoms with E-state index < -0.39 is 0 Å². The van der Waals surface area contributed by atoms with Gasteiger partial charge >= 0.3 is 0 Å². The van der Waals surface area contributed by atoms with Crippen LogP contribution in [0.15, 0.2) is 0 Å². The second-order valence-electron chi connectivity index (χ2n) is 8.07. The number of hydrogen-bond acceptors (Lipinski definition) is 0. The fourth-order valence-electron chi connectivity index (χ4n) is 4.53. The molecule has 0 bridgehead atoms. The van der Waals surface area contributed by atoms with Gasteiger partial charge in [-0.2, -0.15) is 0 Å². The van der Waals surface area contributed by atoms with Crippen molar-refractivity contribution in [3.8, 4) is 0 Å². The van der Waals surface area contributed by atoms with Crippen LogP contribution in [-0.2, 0) is 0 Å². The van der Waals surface area contributed by atoms with E-state index in [1.165, 1.54) is 19.3 Å². The van der Waals surface area contributed by atoms with Crippen LogP contribution in [0.3, 0.4) is 0 Å². The molecule has 0 aromatic carbocycles. The Kier molecular flexibility index (Phi) is 3.54. The van der Waals surface area contributed by atoms with Crippen molar-refractivity contribution >= 4 is 0 Å². The van der Waals surface area contributed by atoms with Gasteiger partial charge in [0.25, 0.3) is 0 Å². The molecule has 0 amide bonds. The van der Waals surface area contributed by atoms with Gasteiger partial charge in [0.2, 0.25) is 0 Å². The molecule has 1 rings (SSSR count). The maximum Gasteiger partial charge on any atom is -0.0238 e. The monoisotopic (exact) mass is 238 g/mol. The molecule has 0 aromatic heterocycles. The molecule has 1 saturated carbocycles. The van der Waals surface area contributed by atoms with Crippen LogP contribution in [-0.4, -0.2) is 0 Å². The largest absolute Gasteiger partial charge is 0.0651 e. The molecule has 0 heterocycles. The van der Waals surface area contributed by atoms with Crippen molar-refractivity contribution in [3.05, 3.63) is 0 Å². The van der Waals surface area contributed by atoms with Gasteiger partial charge in [0.05, 0.1) is 0 Å². The molecule has 102 valence electrons. The van der Waals surface area contributed by atoms with Gasteiger partial charge in [0.1, 0.15) is 0 Å². The normalized spacial score (nSPS) is 41.5. The fraction of sp³-hybridized carbons (Fsp3) is 1.00. The highest BCUT2D eigenvalue weighted by Gasteiger charge is 2.65. The van der Waals surface area contributed by atoms with E-state index in [4.69, 9.17) is 0 Å². The molecule has 1 aliphatic carbocycles. The Morgan fingerprint density at radius 1 is 0.882 bits per heavy atom. The van der Waals surface area contributed by atoms with Crippen molar-refractivity contribution < 1.29 is 0 Å². The zero-order valence-corrected chi connectivity index (χ0v) is 13.7. The molecule has 1 aliphatic rings. The first-order chi connectivity index (χ1) is 7.50. The molecule has 0 nitrogen and oxygen atoms in total. The van der Waals surface area contributed by atoms with Crippen LogP contribution in [0.4, 0.5) is 0 Å². The number of hydrogen-bond donors (Lipinski definition) is 0. The zero-order chi connectivity index (χ0) is 13.7. The first-order valence-electron chi connectivity index (χ1n) is 7.50. The van der Waals surface area contributed by atoms with Gasteiger partial charge in [-0.25, -0.2) is 0 Å². The summed E-state index contributed by atoms with van der Waals surface area (Å²) in [6.07, 6.45) is 3.98. The minimum atomic E-state index is 0.403. The van der Waals surface area contributed by atoms with E-state index in [1.54, 1.807) is 0 Å². The lowest BCUT2D eigenvalue weighted by Crippen LogP contribution is -2.44. The van der Waals surface area contributed by atoms with Gasteiger partial charge in [-0.1, -0.05) is 75.2 Å². The van der Waals surface area contributed by atoms with E-state index in [0.29, 0.717) is 21.7 Å². The van der Waals surface area contributed by atoms with Crippen molar-refractivity contribution in [2.75, 3.05) is 0 Å². The topological polar surface area (TPSA) is 0 Å². The minimum Gasteiger partial charge on any atom is -0.0651 e. The van der Waals surface area contributed by atoms with Gasteiger partial charge in [-0.15, -0.1) is 0 Å². The summed E-state index contributed by atoms with van der Waals surface area (Å²) in [4.78, 5) is 0. The van der Waals surface area contributed by atoms with Crippen LogP contribution in [0.2, 0.25) is 0 Å². The van der Waals surface area contributed by atoms with Crippen LogP contribution < -0.4 is 0 Å². The van der Waals surface area contributed by atoms with Crippen LogP contribution in [0.25, 0.3) is 0 Å². The van der Waals surface area contributed by atoms with Crippen LogP contribution in [0.1, 0.15) is 81.6 Å². The van der Waals surface area contributed by atoms with Crippen molar-refractivity contribution in [1.82, 2.24) is 0 Å². The van der Waals surface area contributed by atoms with Crippen LogP contribution in [0, 0.1) is 27.6 Å². The van der Waals surface area contributed by atoms with E-state index in [0.717, 1.165) is 5.92 Å². The molecular formula is C17H34. The molecule has 0 aromatic rings. The smallest absolute Gasteiger partial charge is 0.0238 e. The second-order valence-corrected chi connectivity index (χ2v) is 8.07. The summed E-state index contributed by atoms with van der Waals surface area (Å²) < 4.78 is 0. The average molecular weight is 238 g/mol. The summed E-state index contributed by atoms with van der Waals surface area (Å²) in [5.74, 6) is 0.810. The van der Waals surface area contributed by atoms with Crippen molar-refractivity contribution in [2.24, 2.45) is 27.6 Å². The zero-order valence-electron chi connectivity index (χ0n) is 13.7. The molecule has 0 N–H and O–H groups in total. The maximum atomic E-state index is 2.55. The highest BCUT2D eigenvalue weighted by molar-refractivity contribution is 5.14. The highest BCUT2D eigenvalue weighted by atomic mass is 14.7. The van der Waals surface area contributed by atoms with E-state index in [9.17, 15) is 0 Å². The third kappa shape index (κ3) is 1.62. The van der Waals surface area contributed by atoms with E-state index >= 15 is 0 Å². The van der Waals surface area contributed by atoms with E-state index in [-0.39, 0.29) is 0 Å². The maximum absolute atomic E-state index is 2.55. The summed E-state index contributed by atoms with van der Waals surface area (Å²) in [5, 5.41) is 0. The molecule has 0 aliphatic heterocycles. The van der Waals surface area contributed by atoms with Crippen molar-refractivity contribution in [3.63, 3.8) is 0 Å². The third-order valence-electron chi connectivity index (χ3n) is 7.74. The minimum absolute atomic E-state index is 0.403. The average Bonchev–Trinajstić information content (AvgIpc) is 2.35. The molecule has 0 heteroatoms. The molecule has 0 saturated heterocycles. The standard InChI is InChI=1S/C17H34/c1-10-13(3)17(9)12-16(8,11-2)14(4,5)15(17,6)7/h13H,10-12H2,1-9H3. The second kappa shape index (κ2) is 4.00. The predicted octanol–water partition coefficient (Wildman–Crippen LogP) is 5.91. The summed E-state index contributed by atoms with van der Waals surface area (Å²) in [6, 6.07) is 0. The highest BCUT2D eigenvalue weighted by Crippen LogP contribution is 2.73. The van der Waals surface area contributed by atoms with Gasteiger partial charge in [-0.05, 0) is 34.0 Å². The first kappa shape index (κ1) is 15.1. The van der Waals surface area contributed by atoms with Gasteiger partial charge in [0.15, 0.2) is 0 Å². The Morgan fingerprint density at radius 3 is 1.65 bits per heavy atom. The van der Waals surface area contributed by atoms with E-state index in [2.05, 4.69) is 62.3 Å². The first-order valence-corrected chi connectivity index (χ1v) is 7.50. The van der Waals surface area contributed by atoms with Crippen LogP contribution in [0.5, 0.6) is 0 Å². The molecule has 1 fully saturated rings. The lowest BCUT2D eigenvalue weighted by Gasteiger charge is -2.51. The Morgan fingerprint density at radius 2 is 1.35 bits per heavy atom. The Hall–Kier alpha value is 0. The molecule has 3 unspecified atom stereocenters. The van der Waals surface area contributed by atoms with Gasteiger partial charge in [0, 0.05) is 0 Å². The van der Waals surface area contributed by atoms with E-state index in [1.807, 2.05) is 0 Å². The predicted molar refractivity (Wildman–Crippen MR) is 78.1 cm³/mol. The quantitative estimate of drug-likeness (QED) is 0.573. The SMILES string of the molecule is CCC(C)C1(C)CC(C)(CC)C(C)(C)C1(C)C. The molecule has 0 radical (unpaired) electrons. The lowest BCUT2D eigenvalue weighted by atomic mass is 9.54. The molecular weight excluding hydrogens is 204 g/mol. The van der Waals surface area contributed by atoms with Crippen molar-refractivity contribution in [2.45, 2.75) is 81.6 Å².